The van der Waals surface area contributed by atoms with Crippen molar-refractivity contribution in [3.05, 3.63) is 99.5 Å². The first-order valence-corrected chi connectivity index (χ1v) is 13.3. The fourth-order valence-electron chi connectivity index (χ4n) is 6.21. The van der Waals surface area contributed by atoms with E-state index in [4.69, 9.17) is 39.7 Å². The van der Waals surface area contributed by atoms with Crippen molar-refractivity contribution in [3.63, 3.8) is 0 Å². The zero-order valence-electron chi connectivity index (χ0n) is 21.3. The monoisotopic (exact) mass is 589 g/mol. The number of amides is 2. The van der Waals surface area contributed by atoms with Crippen LogP contribution in [0.4, 0.5) is 14.5 Å². The maximum absolute atomic E-state index is 14.0. The quantitative estimate of drug-likeness (QED) is 0.371. The molecule has 0 radical (unpaired) electrons. The summed E-state index contributed by atoms with van der Waals surface area (Å²) in [6.07, 6.45) is 0. The third-order valence-electron chi connectivity index (χ3n) is 7.87. The van der Waals surface area contributed by atoms with Gasteiger partial charge in [0.15, 0.2) is 0 Å². The fraction of sp³-hybridized carbons (Fsp3) is 0.286. The zero-order chi connectivity index (χ0) is 28.7. The number of hydrogen-bond donors (Lipinski definition) is 2. The molecule has 8 nitrogen and oxygen atoms in total. The summed E-state index contributed by atoms with van der Waals surface area (Å²) in [5.74, 6) is 3.27. The topological polar surface area (TPSA) is 105 Å². The fourth-order valence-corrected chi connectivity index (χ4v) is 6.81. The molecular weight excluding hydrogens is 563 g/mol. The van der Waals surface area contributed by atoms with Gasteiger partial charge >= 0.3 is 0 Å². The summed E-state index contributed by atoms with van der Waals surface area (Å²) < 4.78 is 28.0. The second-order valence-corrected chi connectivity index (χ2v) is 10.6. The van der Waals surface area contributed by atoms with E-state index in [0.29, 0.717) is 24.2 Å². The number of hydrogen-bond acceptors (Lipinski definition) is 6. The first kappa shape index (κ1) is 28.4. The first-order valence-electron chi connectivity index (χ1n) is 12.5. The molecule has 3 aromatic carbocycles. The standard InChI is InChI=1S/C28H27Cl2F2N5O3/c29-22-2-1-3-23(30)25(22)37(14-15-40-34)24(38)16-35-12-13-36-17-27(35,26(33)39)28(36,18-4-8-20(31)9-5-18)19-6-10-21(32)11-7-19/h1-11H,12-17,34H2,(H2,33,39). The Morgan fingerprint density at radius 3 is 1.98 bits per heavy atom. The lowest BCUT2D eigenvalue weighted by molar-refractivity contribution is -0.206. The van der Waals surface area contributed by atoms with Gasteiger partial charge in [-0.3, -0.25) is 19.4 Å². The van der Waals surface area contributed by atoms with E-state index in [0.717, 1.165) is 0 Å². The van der Waals surface area contributed by atoms with Crippen molar-refractivity contribution in [1.29, 1.82) is 0 Å². The van der Waals surface area contributed by atoms with Crippen LogP contribution in [0.15, 0.2) is 66.7 Å². The number of fused-ring (bicyclic) bond motifs is 2. The van der Waals surface area contributed by atoms with Gasteiger partial charge in [0.1, 0.15) is 22.7 Å². The van der Waals surface area contributed by atoms with E-state index >= 15 is 0 Å². The summed E-state index contributed by atoms with van der Waals surface area (Å²) in [7, 11) is 0. The van der Waals surface area contributed by atoms with E-state index in [1.807, 2.05) is 4.90 Å². The van der Waals surface area contributed by atoms with Crippen molar-refractivity contribution >= 4 is 40.7 Å². The molecule has 3 aliphatic heterocycles. The Balaban J connectivity index is 1.61. The van der Waals surface area contributed by atoms with Gasteiger partial charge in [-0.15, -0.1) is 0 Å². The number of carbonyl (C=O) groups excluding carboxylic acids is 2. The highest BCUT2D eigenvalue weighted by molar-refractivity contribution is 6.40. The molecule has 3 heterocycles. The Morgan fingerprint density at radius 2 is 1.48 bits per heavy atom. The van der Waals surface area contributed by atoms with Crippen LogP contribution in [-0.4, -0.2) is 66.5 Å². The lowest BCUT2D eigenvalue weighted by atomic mass is 9.57. The number of para-hydroxylation sites is 1. The SMILES string of the molecule is NOCCN(C(=O)CN1CCN2CC1(C(N)=O)C2(c1ccc(F)cc1)c1ccc(F)cc1)c1c(Cl)cccc1Cl. The van der Waals surface area contributed by atoms with Crippen LogP contribution in [0.5, 0.6) is 0 Å². The van der Waals surface area contributed by atoms with Crippen LogP contribution in [0.3, 0.4) is 0 Å². The molecule has 0 spiro atoms. The molecule has 4 N–H and O–H groups in total. The van der Waals surface area contributed by atoms with Gasteiger partial charge in [0, 0.05) is 19.6 Å². The first-order chi connectivity index (χ1) is 19.2. The van der Waals surface area contributed by atoms with Gasteiger partial charge in [-0.2, -0.15) is 0 Å². The molecule has 12 heteroatoms. The molecule has 3 aromatic rings. The van der Waals surface area contributed by atoms with Gasteiger partial charge in [0.2, 0.25) is 11.8 Å². The minimum atomic E-state index is -1.42. The number of primary amides is 1. The minimum Gasteiger partial charge on any atom is -0.368 e. The van der Waals surface area contributed by atoms with Crippen molar-refractivity contribution in [2.75, 3.05) is 44.2 Å². The van der Waals surface area contributed by atoms with Gasteiger partial charge < -0.3 is 15.5 Å². The summed E-state index contributed by atoms with van der Waals surface area (Å²) in [5.41, 5.74) is 5.01. The van der Waals surface area contributed by atoms with Crippen molar-refractivity contribution in [2.24, 2.45) is 11.6 Å². The number of halogens is 4. The number of carbonyl (C=O) groups is 2. The summed E-state index contributed by atoms with van der Waals surface area (Å²) in [6, 6.07) is 16.4. The molecule has 2 atom stereocenters. The number of rotatable bonds is 9. The molecule has 3 fully saturated rings. The molecule has 40 heavy (non-hydrogen) atoms. The van der Waals surface area contributed by atoms with Gasteiger partial charge in [0.05, 0.1) is 35.4 Å². The van der Waals surface area contributed by atoms with Crippen molar-refractivity contribution < 1.29 is 23.2 Å². The van der Waals surface area contributed by atoms with Gasteiger partial charge in [-0.05, 0) is 47.5 Å². The average Bonchev–Trinajstić information content (AvgIpc) is 2.92. The van der Waals surface area contributed by atoms with Crippen LogP contribution in [0.2, 0.25) is 10.0 Å². The van der Waals surface area contributed by atoms with Crippen molar-refractivity contribution in [3.8, 4) is 0 Å². The van der Waals surface area contributed by atoms with E-state index < -0.39 is 34.5 Å². The molecule has 2 unspecified atom stereocenters. The van der Waals surface area contributed by atoms with Gasteiger partial charge in [0.25, 0.3) is 0 Å². The third kappa shape index (κ3) is 4.36. The van der Waals surface area contributed by atoms with Crippen LogP contribution in [0.25, 0.3) is 0 Å². The maximum Gasteiger partial charge on any atom is 0.241 e. The predicted molar refractivity (Wildman–Crippen MR) is 148 cm³/mol. The highest BCUT2D eigenvalue weighted by Gasteiger charge is 2.74. The van der Waals surface area contributed by atoms with E-state index in [-0.39, 0.29) is 42.0 Å². The smallest absolute Gasteiger partial charge is 0.241 e. The summed E-state index contributed by atoms with van der Waals surface area (Å²) >= 11 is 12.9. The number of benzene rings is 3. The predicted octanol–water partition coefficient (Wildman–Crippen LogP) is 3.29. The lowest BCUT2D eigenvalue weighted by Gasteiger charge is -2.71. The molecule has 0 saturated carbocycles. The van der Waals surface area contributed by atoms with Crippen LogP contribution in [0.1, 0.15) is 11.1 Å². The van der Waals surface area contributed by atoms with Crippen LogP contribution in [-0.2, 0) is 20.0 Å². The Morgan fingerprint density at radius 1 is 0.925 bits per heavy atom. The average molecular weight is 590 g/mol. The highest BCUT2D eigenvalue weighted by atomic mass is 35.5. The Kier molecular flexibility index (Phi) is 7.84. The molecule has 3 saturated heterocycles. The van der Waals surface area contributed by atoms with Crippen LogP contribution < -0.4 is 16.5 Å². The van der Waals surface area contributed by atoms with Crippen LogP contribution >= 0.6 is 23.2 Å². The number of anilines is 1. The Bertz CT molecular complexity index is 1360. The Hall–Kier alpha value is -3.12. The molecule has 6 rings (SSSR count). The lowest BCUT2D eigenvalue weighted by Crippen LogP contribution is -2.90. The van der Waals surface area contributed by atoms with E-state index in [1.165, 1.54) is 29.2 Å². The van der Waals surface area contributed by atoms with Crippen molar-refractivity contribution in [1.82, 2.24) is 9.80 Å². The second kappa shape index (κ2) is 11.0. The number of piperazine rings is 2. The van der Waals surface area contributed by atoms with E-state index in [2.05, 4.69) is 0 Å². The molecule has 0 aromatic heterocycles. The largest absolute Gasteiger partial charge is 0.368 e. The summed E-state index contributed by atoms with van der Waals surface area (Å²) in [5, 5.41) is 0.505. The van der Waals surface area contributed by atoms with Gasteiger partial charge in [-0.25, -0.2) is 14.7 Å². The minimum absolute atomic E-state index is 0.00285. The summed E-state index contributed by atoms with van der Waals surface area (Å²) in [4.78, 5) is 37.3. The summed E-state index contributed by atoms with van der Waals surface area (Å²) in [6.45, 7) is 0.808. The molecule has 3 aliphatic rings. The second-order valence-electron chi connectivity index (χ2n) is 9.78. The highest BCUT2D eigenvalue weighted by Crippen LogP contribution is 2.57. The molecule has 210 valence electrons. The molecule has 2 bridgehead atoms. The zero-order valence-corrected chi connectivity index (χ0v) is 22.8. The number of nitrogens with two attached hydrogens (primary N) is 2. The molecular formula is C28H27Cl2F2N5O3. The molecule has 2 amide bonds. The van der Waals surface area contributed by atoms with Gasteiger partial charge in [-0.1, -0.05) is 53.5 Å². The normalized spacial score (nSPS) is 21.5. The maximum atomic E-state index is 14.0. The Labute approximate surface area is 239 Å². The van der Waals surface area contributed by atoms with Crippen molar-refractivity contribution in [2.45, 2.75) is 11.1 Å². The van der Waals surface area contributed by atoms with Crippen LogP contribution in [0, 0.1) is 11.6 Å². The molecule has 0 aliphatic carbocycles. The van der Waals surface area contributed by atoms with E-state index in [1.54, 1.807) is 47.4 Å². The third-order valence-corrected chi connectivity index (χ3v) is 8.48. The van der Waals surface area contributed by atoms with E-state index in [9.17, 15) is 18.4 Å². The number of nitrogens with zero attached hydrogens (tertiary/aromatic N) is 3.